The van der Waals surface area contributed by atoms with Crippen molar-refractivity contribution in [3.05, 3.63) is 53.6 Å². The van der Waals surface area contributed by atoms with Crippen LogP contribution < -0.4 is 14.8 Å². The number of para-hydroxylation sites is 1. The Kier molecular flexibility index (Phi) is 7.79. The van der Waals surface area contributed by atoms with Crippen molar-refractivity contribution < 1.29 is 14.6 Å². The van der Waals surface area contributed by atoms with E-state index in [1.807, 2.05) is 55.3 Å². The summed E-state index contributed by atoms with van der Waals surface area (Å²) in [6.07, 6.45) is 0.683. The standard InChI is InChI=1S/C21H29N3O3/c1-16-7-5-6-8-20(16)27-14-13-24(3)21(22-2)23-12-11-17-9-10-18(26-4)15-19(17)25/h5-10,15,25H,11-14H2,1-4H3,(H,22,23). The maximum atomic E-state index is 10.0. The highest BCUT2D eigenvalue weighted by atomic mass is 16.5. The number of aliphatic imine (C=N–C) groups is 1. The van der Waals surface area contributed by atoms with Gasteiger partial charge in [-0.15, -0.1) is 0 Å². The average molecular weight is 371 g/mol. The molecule has 2 rings (SSSR count). The van der Waals surface area contributed by atoms with E-state index in [2.05, 4.69) is 10.3 Å². The smallest absolute Gasteiger partial charge is 0.193 e. The molecule has 0 aliphatic rings. The van der Waals surface area contributed by atoms with Crippen molar-refractivity contribution in [2.45, 2.75) is 13.3 Å². The largest absolute Gasteiger partial charge is 0.508 e. The van der Waals surface area contributed by atoms with Gasteiger partial charge in [0.2, 0.25) is 0 Å². The highest BCUT2D eigenvalue weighted by Crippen LogP contribution is 2.23. The van der Waals surface area contributed by atoms with E-state index in [0.29, 0.717) is 31.9 Å². The van der Waals surface area contributed by atoms with Crippen molar-refractivity contribution in [3.63, 3.8) is 0 Å². The molecule has 0 atom stereocenters. The first kappa shape index (κ1) is 20.4. The van der Waals surface area contributed by atoms with Gasteiger partial charge in [0.25, 0.3) is 0 Å². The van der Waals surface area contributed by atoms with E-state index in [1.165, 1.54) is 0 Å². The van der Waals surface area contributed by atoms with Crippen LogP contribution in [0.15, 0.2) is 47.5 Å². The maximum absolute atomic E-state index is 10.0. The van der Waals surface area contributed by atoms with Crippen molar-refractivity contribution in [2.24, 2.45) is 4.99 Å². The Morgan fingerprint density at radius 1 is 1.22 bits per heavy atom. The van der Waals surface area contributed by atoms with Crippen LogP contribution in [0.1, 0.15) is 11.1 Å². The second-order valence-corrected chi connectivity index (χ2v) is 6.25. The zero-order chi connectivity index (χ0) is 19.6. The SMILES string of the molecule is CN=C(NCCc1ccc(OC)cc1O)N(C)CCOc1ccccc1C. The number of aryl methyl sites for hydroxylation is 1. The summed E-state index contributed by atoms with van der Waals surface area (Å²) < 4.78 is 10.9. The highest BCUT2D eigenvalue weighted by Gasteiger charge is 2.08. The molecule has 0 aliphatic heterocycles. The molecular weight excluding hydrogens is 342 g/mol. The van der Waals surface area contributed by atoms with Gasteiger partial charge in [0.05, 0.1) is 13.7 Å². The van der Waals surface area contributed by atoms with Gasteiger partial charge in [-0.2, -0.15) is 0 Å². The normalized spacial score (nSPS) is 11.2. The summed E-state index contributed by atoms with van der Waals surface area (Å²) in [4.78, 5) is 6.33. The van der Waals surface area contributed by atoms with Crippen LogP contribution in [0.25, 0.3) is 0 Å². The number of hydrogen-bond donors (Lipinski definition) is 2. The van der Waals surface area contributed by atoms with Crippen molar-refractivity contribution in [2.75, 3.05) is 40.9 Å². The molecule has 2 aromatic carbocycles. The molecule has 0 fully saturated rings. The predicted octanol–water partition coefficient (Wildman–Crippen LogP) is 2.84. The quantitative estimate of drug-likeness (QED) is 0.552. The number of nitrogens with zero attached hydrogens (tertiary/aromatic N) is 2. The zero-order valence-corrected chi connectivity index (χ0v) is 16.5. The first-order chi connectivity index (χ1) is 13.0. The number of hydrogen-bond acceptors (Lipinski definition) is 4. The van der Waals surface area contributed by atoms with Gasteiger partial charge in [0, 0.05) is 26.7 Å². The minimum atomic E-state index is 0.242. The maximum Gasteiger partial charge on any atom is 0.193 e. The Balaban J connectivity index is 1.78. The first-order valence-corrected chi connectivity index (χ1v) is 9.01. The summed E-state index contributed by atoms with van der Waals surface area (Å²) in [5, 5.41) is 13.3. The second-order valence-electron chi connectivity index (χ2n) is 6.25. The van der Waals surface area contributed by atoms with Gasteiger partial charge in [-0.25, -0.2) is 0 Å². The molecular formula is C21H29N3O3. The van der Waals surface area contributed by atoms with Gasteiger partial charge < -0.3 is 24.8 Å². The number of benzene rings is 2. The molecule has 27 heavy (non-hydrogen) atoms. The average Bonchev–Trinajstić information content (AvgIpc) is 2.67. The van der Waals surface area contributed by atoms with Crippen LogP contribution in [0.3, 0.4) is 0 Å². The number of phenolic OH excluding ortho intramolecular Hbond substituents is 1. The van der Waals surface area contributed by atoms with E-state index in [-0.39, 0.29) is 5.75 Å². The molecule has 0 aromatic heterocycles. The van der Waals surface area contributed by atoms with Gasteiger partial charge in [-0.05, 0) is 36.6 Å². The molecule has 2 N–H and O–H groups in total. The molecule has 0 amide bonds. The third kappa shape index (κ3) is 6.09. The van der Waals surface area contributed by atoms with Gasteiger partial charge in [0.1, 0.15) is 23.9 Å². The minimum absolute atomic E-state index is 0.242. The van der Waals surface area contributed by atoms with Crippen LogP contribution in [0.4, 0.5) is 0 Å². The number of likely N-dealkylation sites (N-methyl/N-ethyl adjacent to an activating group) is 1. The molecule has 0 aliphatic carbocycles. The van der Waals surface area contributed by atoms with Crippen LogP contribution in [0.2, 0.25) is 0 Å². The lowest BCUT2D eigenvalue weighted by Gasteiger charge is -2.22. The Hall–Kier alpha value is -2.89. The van der Waals surface area contributed by atoms with E-state index in [9.17, 15) is 5.11 Å². The summed E-state index contributed by atoms with van der Waals surface area (Å²) in [5.74, 6) is 2.58. The molecule has 146 valence electrons. The molecule has 6 nitrogen and oxygen atoms in total. The van der Waals surface area contributed by atoms with Crippen LogP contribution in [-0.4, -0.2) is 56.9 Å². The lowest BCUT2D eigenvalue weighted by molar-refractivity contribution is 0.280. The summed E-state index contributed by atoms with van der Waals surface area (Å²) in [6, 6.07) is 13.3. The molecule has 0 saturated carbocycles. The van der Waals surface area contributed by atoms with Crippen LogP contribution >= 0.6 is 0 Å². The molecule has 0 radical (unpaired) electrons. The Bertz CT molecular complexity index is 762. The van der Waals surface area contributed by atoms with Crippen molar-refractivity contribution >= 4 is 5.96 Å². The topological polar surface area (TPSA) is 66.3 Å². The van der Waals surface area contributed by atoms with Crippen molar-refractivity contribution in [3.8, 4) is 17.2 Å². The Morgan fingerprint density at radius 3 is 2.67 bits per heavy atom. The Labute approximate surface area is 161 Å². The second kappa shape index (κ2) is 10.3. The van der Waals surface area contributed by atoms with E-state index < -0.39 is 0 Å². The molecule has 0 saturated heterocycles. The third-order valence-electron chi connectivity index (χ3n) is 4.32. The molecule has 2 aromatic rings. The van der Waals surface area contributed by atoms with E-state index in [1.54, 1.807) is 20.2 Å². The van der Waals surface area contributed by atoms with Crippen molar-refractivity contribution in [1.29, 1.82) is 0 Å². The van der Waals surface area contributed by atoms with Gasteiger partial charge in [-0.3, -0.25) is 4.99 Å². The van der Waals surface area contributed by atoms with E-state index in [4.69, 9.17) is 9.47 Å². The number of methoxy groups -OCH3 is 1. The number of rotatable bonds is 8. The predicted molar refractivity (Wildman–Crippen MR) is 109 cm³/mol. The third-order valence-corrected chi connectivity index (χ3v) is 4.32. The first-order valence-electron chi connectivity index (χ1n) is 9.01. The lowest BCUT2D eigenvalue weighted by atomic mass is 10.1. The highest BCUT2D eigenvalue weighted by molar-refractivity contribution is 5.79. The molecule has 6 heteroatoms. The van der Waals surface area contributed by atoms with Gasteiger partial charge >= 0.3 is 0 Å². The number of guanidine groups is 1. The summed E-state index contributed by atoms with van der Waals surface area (Å²) >= 11 is 0. The molecule has 0 heterocycles. The van der Waals surface area contributed by atoms with Gasteiger partial charge in [-0.1, -0.05) is 24.3 Å². The minimum Gasteiger partial charge on any atom is -0.508 e. The monoisotopic (exact) mass is 371 g/mol. The number of nitrogens with one attached hydrogen (secondary N) is 1. The Morgan fingerprint density at radius 2 is 2.00 bits per heavy atom. The zero-order valence-electron chi connectivity index (χ0n) is 16.5. The number of ether oxygens (including phenoxy) is 2. The fourth-order valence-corrected chi connectivity index (χ4v) is 2.69. The van der Waals surface area contributed by atoms with E-state index >= 15 is 0 Å². The molecule has 0 bridgehead atoms. The van der Waals surface area contributed by atoms with Gasteiger partial charge in [0.15, 0.2) is 5.96 Å². The van der Waals surface area contributed by atoms with Crippen molar-refractivity contribution in [1.82, 2.24) is 10.2 Å². The van der Waals surface area contributed by atoms with Crippen LogP contribution in [0, 0.1) is 6.92 Å². The number of aromatic hydroxyl groups is 1. The summed E-state index contributed by atoms with van der Waals surface area (Å²) in [7, 11) is 5.31. The summed E-state index contributed by atoms with van der Waals surface area (Å²) in [6.45, 7) is 3.98. The fourth-order valence-electron chi connectivity index (χ4n) is 2.69. The summed E-state index contributed by atoms with van der Waals surface area (Å²) in [5.41, 5.74) is 1.99. The van der Waals surface area contributed by atoms with Crippen LogP contribution in [-0.2, 0) is 6.42 Å². The fraction of sp³-hybridized carbons (Fsp3) is 0.381. The molecule has 0 unspecified atom stereocenters. The van der Waals surface area contributed by atoms with Crippen LogP contribution in [0.5, 0.6) is 17.2 Å². The lowest BCUT2D eigenvalue weighted by Crippen LogP contribution is -2.41. The number of phenols is 1. The molecule has 0 spiro atoms. The van der Waals surface area contributed by atoms with E-state index in [0.717, 1.165) is 22.8 Å².